The normalized spacial score (nSPS) is 23.1. The highest BCUT2D eigenvalue weighted by Gasteiger charge is 2.41. The van der Waals surface area contributed by atoms with Crippen molar-refractivity contribution in [1.29, 1.82) is 0 Å². The average molecular weight is 476 g/mol. The molecule has 3 aliphatic rings. The fourth-order valence-electron chi connectivity index (χ4n) is 4.88. The number of hydrogen-bond donors (Lipinski definition) is 2. The summed E-state index contributed by atoms with van der Waals surface area (Å²) in [5.74, 6) is 1.18. The minimum absolute atomic E-state index is 0. The first-order valence-electron chi connectivity index (χ1n) is 10.5. The lowest BCUT2D eigenvalue weighted by atomic mass is 9.86. The van der Waals surface area contributed by atoms with Crippen molar-refractivity contribution in [1.82, 2.24) is 15.5 Å². The van der Waals surface area contributed by atoms with Crippen LogP contribution in [0.15, 0.2) is 4.99 Å². The summed E-state index contributed by atoms with van der Waals surface area (Å²) in [4.78, 5) is 19.3. The van der Waals surface area contributed by atoms with Crippen LogP contribution in [0.4, 0.5) is 0 Å². The Morgan fingerprint density at radius 2 is 1.85 bits per heavy atom. The molecule has 6 heteroatoms. The molecule has 3 fully saturated rings. The molecule has 0 unspecified atom stereocenters. The van der Waals surface area contributed by atoms with Crippen molar-refractivity contribution in [3.63, 3.8) is 0 Å². The Kier molecular flexibility index (Phi) is 8.97. The first-order valence-corrected chi connectivity index (χ1v) is 10.5. The first-order chi connectivity index (χ1) is 12.2. The van der Waals surface area contributed by atoms with Crippen molar-refractivity contribution >= 4 is 35.8 Å². The Morgan fingerprint density at radius 3 is 2.54 bits per heavy atom. The summed E-state index contributed by atoms with van der Waals surface area (Å²) >= 11 is 0. The molecule has 150 valence electrons. The third-order valence-corrected chi connectivity index (χ3v) is 6.31. The third kappa shape index (κ3) is 5.99. The molecule has 0 bridgehead atoms. The van der Waals surface area contributed by atoms with Gasteiger partial charge in [-0.25, -0.2) is 0 Å². The number of halogens is 1. The first kappa shape index (κ1) is 21.8. The average Bonchev–Trinajstić information content (AvgIpc) is 3.25. The molecule has 1 saturated heterocycles. The van der Waals surface area contributed by atoms with Gasteiger partial charge in [0.15, 0.2) is 5.96 Å². The zero-order valence-electron chi connectivity index (χ0n) is 16.4. The summed E-state index contributed by atoms with van der Waals surface area (Å²) in [5, 5.41) is 6.62. The second-order valence-electron chi connectivity index (χ2n) is 8.27. The van der Waals surface area contributed by atoms with Crippen LogP contribution in [0.3, 0.4) is 0 Å². The quantitative estimate of drug-likeness (QED) is 0.362. The molecule has 0 radical (unpaired) electrons. The summed E-state index contributed by atoms with van der Waals surface area (Å²) in [6.07, 6.45) is 13.5. The summed E-state index contributed by atoms with van der Waals surface area (Å²) in [6, 6.07) is 0.402. The second-order valence-corrected chi connectivity index (χ2v) is 8.27. The van der Waals surface area contributed by atoms with E-state index in [0.29, 0.717) is 24.4 Å². The van der Waals surface area contributed by atoms with E-state index in [2.05, 4.69) is 22.5 Å². The molecule has 0 atom stereocenters. The summed E-state index contributed by atoms with van der Waals surface area (Å²) in [6.45, 7) is 5.85. The third-order valence-electron chi connectivity index (χ3n) is 6.31. The highest BCUT2D eigenvalue weighted by Crippen LogP contribution is 2.45. The van der Waals surface area contributed by atoms with Gasteiger partial charge in [0.25, 0.3) is 0 Å². The lowest BCUT2D eigenvalue weighted by molar-refractivity contribution is -0.121. The maximum absolute atomic E-state index is 12.2. The predicted molar refractivity (Wildman–Crippen MR) is 118 cm³/mol. The number of rotatable bonds is 5. The molecule has 2 N–H and O–H groups in total. The standard InChI is InChI=1S/C20H36N4O.HI/c1-2-21-19(24-15-13-20(16-24)11-6-7-12-20)22-14-10-18(25)23-17-8-4-3-5-9-17;/h17H,2-16H2,1H3,(H,21,22)(H,23,25);1H. The topological polar surface area (TPSA) is 56.7 Å². The molecule has 2 saturated carbocycles. The maximum Gasteiger partial charge on any atom is 0.222 e. The molecule has 0 aromatic carbocycles. The number of guanidine groups is 1. The van der Waals surface area contributed by atoms with Gasteiger partial charge in [-0.15, -0.1) is 24.0 Å². The van der Waals surface area contributed by atoms with Crippen LogP contribution in [0.1, 0.15) is 77.6 Å². The van der Waals surface area contributed by atoms with Crippen molar-refractivity contribution < 1.29 is 4.79 Å². The van der Waals surface area contributed by atoms with Crippen molar-refractivity contribution in [2.24, 2.45) is 10.4 Å². The maximum atomic E-state index is 12.2. The number of aliphatic imine (C=N–C) groups is 1. The molecule has 0 aromatic heterocycles. The van der Waals surface area contributed by atoms with E-state index < -0.39 is 0 Å². The Bertz CT molecular complexity index is 470. The Morgan fingerprint density at radius 1 is 1.12 bits per heavy atom. The van der Waals surface area contributed by atoms with Gasteiger partial charge >= 0.3 is 0 Å². The number of carbonyl (C=O) groups is 1. The summed E-state index contributed by atoms with van der Waals surface area (Å²) in [5.41, 5.74) is 0.550. The van der Waals surface area contributed by atoms with Crippen LogP contribution in [0.2, 0.25) is 0 Å². The van der Waals surface area contributed by atoms with Gasteiger partial charge < -0.3 is 15.5 Å². The van der Waals surface area contributed by atoms with Crippen LogP contribution >= 0.6 is 24.0 Å². The van der Waals surface area contributed by atoms with Gasteiger partial charge in [-0.1, -0.05) is 32.1 Å². The molecule has 0 aromatic rings. The van der Waals surface area contributed by atoms with E-state index in [1.807, 2.05) is 0 Å². The van der Waals surface area contributed by atoms with E-state index in [1.165, 1.54) is 51.4 Å². The number of amides is 1. The highest BCUT2D eigenvalue weighted by atomic mass is 127. The SMILES string of the molecule is CCNC(=NCCC(=O)NC1CCCCC1)N1CCC2(CCCC2)C1.I. The summed E-state index contributed by atoms with van der Waals surface area (Å²) in [7, 11) is 0. The van der Waals surface area contributed by atoms with Crippen molar-refractivity contribution in [3.8, 4) is 0 Å². The Balaban J connectivity index is 0.00000243. The molecule has 1 aliphatic heterocycles. The number of hydrogen-bond acceptors (Lipinski definition) is 2. The van der Waals surface area contributed by atoms with Crippen LogP contribution in [-0.4, -0.2) is 49.0 Å². The van der Waals surface area contributed by atoms with E-state index in [0.717, 1.165) is 38.4 Å². The van der Waals surface area contributed by atoms with E-state index in [9.17, 15) is 4.79 Å². The Labute approximate surface area is 176 Å². The Hall–Kier alpha value is -0.530. The van der Waals surface area contributed by atoms with Crippen molar-refractivity contribution in [2.45, 2.75) is 83.6 Å². The fourth-order valence-corrected chi connectivity index (χ4v) is 4.88. The van der Waals surface area contributed by atoms with Crippen LogP contribution in [0.5, 0.6) is 0 Å². The van der Waals surface area contributed by atoms with Gasteiger partial charge in [0.2, 0.25) is 5.91 Å². The number of likely N-dealkylation sites (tertiary alicyclic amines) is 1. The predicted octanol–water partition coefficient (Wildman–Crippen LogP) is 3.68. The zero-order chi connectivity index (χ0) is 17.5. The minimum atomic E-state index is 0. The van der Waals surface area contributed by atoms with Gasteiger partial charge in [-0.05, 0) is 44.4 Å². The zero-order valence-corrected chi connectivity index (χ0v) is 18.7. The molecular formula is C20H37IN4O. The van der Waals surface area contributed by atoms with Crippen LogP contribution < -0.4 is 10.6 Å². The monoisotopic (exact) mass is 476 g/mol. The van der Waals surface area contributed by atoms with Crippen LogP contribution in [-0.2, 0) is 4.79 Å². The summed E-state index contributed by atoms with van der Waals surface area (Å²) < 4.78 is 0. The molecule has 5 nitrogen and oxygen atoms in total. The van der Waals surface area contributed by atoms with E-state index in [-0.39, 0.29) is 29.9 Å². The lowest BCUT2D eigenvalue weighted by Crippen LogP contribution is -2.41. The van der Waals surface area contributed by atoms with E-state index in [4.69, 9.17) is 4.99 Å². The number of nitrogens with one attached hydrogen (secondary N) is 2. The largest absolute Gasteiger partial charge is 0.357 e. The number of carbonyl (C=O) groups excluding carboxylic acids is 1. The van der Waals surface area contributed by atoms with Crippen LogP contribution in [0, 0.1) is 5.41 Å². The second kappa shape index (κ2) is 10.7. The molecule has 26 heavy (non-hydrogen) atoms. The molecule has 1 heterocycles. The molecule has 2 aliphatic carbocycles. The van der Waals surface area contributed by atoms with Gasteiger partial charge in [-0.3, -0.25) is 9.79 Å². The van der Waals surface area contributed by atoms with Crippen LogP contribution in [0.25, 0.3) is 0 Å². The van der Waals surface area contributed by atoms with Crippen molar-refractivity contribution in [3.05, 3.63) is 0 Å². The lowest BCUT2D eigenvalue weighted by Gasteiger charge is -2.26. The molecule has 1 spiro atoms. The van der Waals surface area contributed by atoms with Gasteiger partial charge in [0.05, 0.1) is 6.54 Å². The molecule has 1 amide bonds. The minimum Gasteiger partial charge on any atom is -0.357 e. The smallest absolute Gasteiger partial charge is 0.222 e. The van der Waals surface area contributed by atoms with Crippen molar-refractivity contribution in [2.75, 3.05) is 26.2 Å². The van der Waals surface area contributed by atoms with E-state index in [1.54, 1.807) is 0 Å². The van der Waals surface area contributed by atoms with Gasteiger partial charge in [-0.2, -0.15) is 0 Å². The fraction of sp³-hybridized carbons (Fsp3) is 0.900. The van der Waals surface area contributed by atoms with Gasteiger partial charge in [0.1, 0.15) is 0 Å². The van der Waals surface area contributed by atoms with E-state index >= 15 is 0 Å². The molecular weight excluding hydrogens is 439 g/mol. The number of nitrogens with zero attached hydrogens (tertiary/aromatic N) is 2. The van der Waals surface area contributed by atoms with Gasteiger partial charge in [0, 0.05) is 32.1 Å². The highest BCUT2D eigenvalue weighted by molar-refractivity contribution is 14.0. The molecule has 3 rings (SSSR count).